The maximum Gasteiger partial charge on any atom is 0.0952 e. The van der Waals surface area contributed by atoms with Crippen LogP contribution in [0.5, 0.6) is 0 Å². The Kier molecular flexibility index (Phi) is 4.80. The van der Waals surface area contributed by atoms with Gasteiger partial charge in [-0.3, -0.25) is 0 Å². The molecule has 0 aliphatic rings. The van der Waals surface area contributed by atoms with Crippen molar-refractivity contribution in [2.75, 3.05) is 20.3 Å². The number of ether oxygens (including phenoxy) is 1. The van der Waals surface area contributed by atoms with Gasteiger partial charge in [-0.2, -0.15) is 10.2 Å². The molecular weight excluding hydrogens is 230 g/mol. The molecule has 18 heavy (non-hydrogen) atoms. The van der Waals surface area contributed by atoms with Gasteiger partial charge < -0.3 is 14.6 Å². The summed E-state index contributed by atoms with van der Waals surface area (Å²) in [7, 11) is 1.69. The quantitative estimate of drug-likeness (QED) is 0.720. The zero-order valence-corrected chi connectivity index (χ0v) is 10.4. The molecule has 0 spiro atoms. The van der Waals surface area contributed by atoms with Gasteiger partial charge in [0.15, 0.2) is 0 Å². The average molecular weight is 247 g/mol. The third kappa shape index (κ3) is 3.61. The third-order valence-electron chi connectivity index (χ3n) is 2.55. The summed E-state index contributed by atoms with van der Waals surface area (Å²) in [6, 6.07) is 3.84. The average Bonchev–Trinajstić information content (AvgIpc) is 2.83. The molecule has 0 bridgehead atoms. The minimum absolute atomic E-state index is 0.690. The molecule has 1 N–H and O–H groups in total. The van der Waals surface area contributed by atoms with Gasteiger partial charge in [0.1, 0.15) is 0 Å². The third-order valence-corrected chi connectivity index (χ3v) is 2.55. The van der Waals surface area contributed by atoms with E-state index >= 15 is 0 Å². The van der Waals surface area contributed by atoms with Gasteiger partial charge in [0.2, 0.25) is 0 Å². The maximum atomic E-state index is 4.98. The van der Waals surface area contributed by atoms with Gasteiger partial charge in [-0.05, 0) is 12.1 Å². The maximum absolute atomic E-state index is 4.98. The van der Waals surface area contributed by atoms with E-state index in [1.807, 2.05) is 24.7 Å². The topological polar surface area (TPSA) is 64.9 Å². The molecule has 0 saturated carbocycles. The first-order valence-corrected chi connectivity index (χ1v) is 5.85. The van der Waals surface area contributed by atoms with Crippen molar-refractivity contribution in [2.24, 2.45) is 0 Å². The Morgan fingerprint density at radius 1 is 1.44 bits per heavy atom. The van der Waals surface area contributed by atoms with Crippen LogP contribution in [-0.2, 0) is 17.8 Å². The van der Waals surface area contributed by atoms with Crippen molar-refractivity contribution in [1.82, 2.24) is 25.1 Å². The standard InChI is InChI=1S/C12H17N5O/c1-18-6-5-13-7-12-8-14-10-17(12)9-11-3-2-4-15-16-11/h2-4,8,10,13H,5-7,9H2,1H3. The highest BCUT2D eigenvalue weighted by atomic mass is 16.5. The van der Waals surface area contributed by atoms with Gasteiger partial charge in [0, 0.05) is 32.6 Å². The molecule has 0 radical (unpaired) electrons. The first-order valence-electron chi connectivity index (χ1n) is 5.85. The van der Waals surface area contributed by atoms with Crippen molar-refractivity contribution in [1.29, 1.82) is 0 Å². The molecule has 2 aromatic heterocycles. The predicted molar refractivity (Wildman–Crippen MR) is 66.9 cm³/mol. The summed E-state index contributed by atoms with van der Waals surface area (Å²) in [6.07, 6.45) is 5.34. The number of hydrogen-bond donors (Lipinski definition) is 1. The van der Waals surface area contributed by atoms with Gasteiger partial charge >= 0.3 is 0 Å². The van der Waals surface area contributed by atoms with Crippen molar-refractivity contribution in [3.63, 3.8) is 0 Å². The van der Waals surface area contributed by atoms with E-state index in [0.29, 0.717) is 13.2 Å². The van der Waals surface area contributed by atoms with Crippen molar-refractivity contribution >= 4 is 0 Å². The lowest BCUT2D eigenvalue weighted by atomic mass is 10.3. The Balaban J connectivity index is 1.91. The van der Waals surface area contributed by atoms with Crippen LogP contribution in [0.2, 0.25) is 0 Å². The molecule has 0 saturated heterocycles. The lowest BCUT2D eigenvalue weighted by Gasteiger charge is -2.08. The minimum atomic E-state index is 0.690. The van der Waals surface area contributed by atoms with Gasteiger partial charge in [0.05, 0.1) is 30.9 Å². The van der Waals surface area contributed by atoms with Crippen molar-refractivity contribution in [3.05, 3.63) is 42.2 Å². The molecule has 2 rings (SSSR count). The lowest BCUT2D eigenvalue weighted by Crippen LogP contribution is -2.20. The second-order valence-corrected chi connectivity index (χ2v) is 3.90. The normalized spacial score (nSPS) is 10.7. The van der Waals surface area contributed by atoms with Crippen LogP contribution in [0.25, 0.3) is 0 Å². The smallest absolute Gasteiger partial charge is 0.0952 e. The van der Waals surface area contributed by atoms with Crippen LogP contribution in [0.4, 0.5) is 0 Å². The molecule has 0 aliphatic carbocycles. The molecule has 0 amide bonds. The molecule has 2 heterocycles. The van der Waals surface area contributed by atoms with E-state index < -0.39 is 0 Å². The van der Waals surface area contributed by atoms with Crippen LogP contribution in [-0.4, -0.2) is 40.0 Å². The van der Waals surface area contributed by atoms with Crippen LogP contribution in [0.15, 0.2) is 30.9 Å². The molecule has 0 aromatic carbocycles. The highest BCUT2D eigenvalue weighted by Crippen LogP contribution is 2.03. The monoisotopic (exact) mass is 247 g/mol. The Morgan fingerprint density at radius 3 is 3.17 bits per heavy atom. The minimum Gasteiger partial charge on any atom is -0.383 e. The van der Waals surface area contributed by atoms with Gasteiger partial charge in [-0.15, -0.1) is 0 Å². The second-order valence-electron chi connectivity index (χ2n) is 3.90. The van der Waals surface area contributed by atoms with Crippen molar-refractivity contribution < 1.29 is 4.74 Å². The zero-order valence-electron chi connectivity index (χ0n) is 10.4. The van der Waals surface area contributed by atoms with Crippen LogP contribution < -0.4 is 5.32 Å². The van der Waals surface area contributed by atoms with Crippen LogP contribution >= 0.6 is 0 Å². The molecule has 6 heteroatoms. The SMILES string of the molecule is COCCNCc1cncn1Cc1cccnn1. The Hall–Kier alpha value is -1.79. The summed E-state index contributed by atoms with van der Waals surface area (Å²) in [4.78, 5) is 4.16. The molecule has 0 fully saturated rings. The number of aromatic nitrogens is 4. The molecule has 6 nitrogen and oxygen atoms in total. The molecule has 0 aliphatic heterocycles. The van der Waals surface area contributed by atoms with Crippen LogP contribution in [0.3, 0.4) is 0 Å². The molecular formula is C12H17N5O. The summed E-state index contributed by atoms with van der Waals surface area (Å²) in [5, 5.41) is 11.2. The summed E-state index contributed by atoms with van der Waals surface area (Å²) in [6.45, 7) is 2.99. The highest BCUT2D eigenvalue weighted by Gasteiger charge is 2.03. The van der Waals surface area contributed by atoms with E-state index in [2.05, 4.69) is 25.1 Å². The summed E-state index contributed by atoms with van der Waals surface area (Å²) in [5.74, 6) is 0. The molecule has 2 aromatic rings. The Labute approximate surface area is 106 Å². The number of imidazole rings is 1. The van der Waals surface area contributed by atoms with E-state index in [9.17, 15) is 0 Å². The number of nitrogens with zero attached hydrogens (tertiary/aromatic N) is 4. The fourth-order valence-corrected chi connectivity index (χ4v) is 1.62. The zero-order chi connectivity index (χ0) is 12.6. The Morgan fingerprint density at radius 2 is 2.39 bits per heavy atom. The van der Waals surface area contributed by atoms with Crippen molar-refractivity contribution in [3.8, 4) is 0 Å². The summed E-state index contributed by atoms with van der Waals surface area (Å²) >= 11 is 0. The van der Waals surface area contributed by atoms with E-state index in [4.69, 9.17) is 4.74 Å². The predicted octanol–water partition coefficient (Wildman–Crippen LogP) is 0.457. The largest absolute Gasteiger partial charge is 0.383 e. The molecule has 96 valence electrons. The van der Waals surface area contributed by atoms with Gasteiger partial charge in [-0.1, -0.05) is 0 Å². The fourth-order valence-electron chi connectivity index (χ4n) is 1.62. The number of hydrogen-bond acceptors (Lipinski definition) is 5. The number of nitrogens with one attached hydrogen (secondary N) is 1. The van der Waals surface area contributed by atoms with Gasteiger partial charge in [-0.25, -0.2) is 4.98 Å². The molecule has 0 unspecified atom stereocenters. The fraction of sp³-hybridized carbons (Fsp3) is 0.417. The van der Waals surface area contributed by atoms with E-state index in [-0.39, 0.29) is 0 Å². The number of methoxy groups -OCH3 is 1. The van der Waals surface area contributed by atoms with E-state index in [1.54, 1.807) is 13.3 Å². The highest BCUT2D eigenvalue weighted by molar-refractivity contribution is 5.05. The van der Waals surface area contributed by atoms with Crippen LogP contribution in [0, 0.1) is 0 Å². The van der Waals surface area contributed by atoms with E-state index in [1.165, 1.54) is 0 Å². The summed E-state index contributed by atoms with van der Waals surface area (Å²) < 4.78 is 7.04. The second kappa shape index (κ2) is 6.83. The van der Waals surface area contributed by atoms with Crippen LogP contribution in [0.1, 0.15) is 11.4 Å². The van der Waals surface area contributed by atoms with Crippen molar-refractivity contribution in [2.45, 2.75) is 13.1 Å². The first-order chi connectivity index (χ1) is 8.90. The van der Waals surface area contributed by atoms with E-state index in [0.717, 1.165) is 24.5 Å². The Bertz CT molecular complexity index is 457. The number of rotatable bonds is 7. The molecule has 0 atom stereocenters. The first kappa shape index (κ1) is 12.7. The van der Waals surface area contributed by atoms with Gasteiger partial charge in [0.25, 0.3) is 0 Å². The lowest BCUT2D eigenvalue weighted by molar-refractivity contribution is 0.199. The summed E-state index contributed by atoms with van der Waals surface area (Å²) in [5.41, 5.74) is 2.05.